The third kappa shape index (κ3) is 3.59. The largest absolute Gasteiger partial charge is 0.391 e. The highest BCUT2D eigenvalue weighted by molar-refractivity contribution is 7.80. The number of carbonyl (C=O) groups excluding carboxylic acids is 1. The molecule has 0 aromatic rings. The van der Waals surface area contributed by atoms with E-state index in [0.29, 0.717) is 6.54 Å². The second kappa shape index (κ2) is 4.41. The van der Waals surface area contributed by atoms with Gasteiger partial charge in [0.2, 0.25) is 0 Å². The Labute approximate surface area is 84.5 Å². The molecule has 0 aliphatic carbocycles. The maximum Gasteiger partial charge on any atom is 0.317 e. The summed E-state index contributed by atoms with van der Waals surface area (Å²) in [5, 5.41) is 2.73. The van der Waals surface area contributed by atoms with Crippen LogP contribution in [-0.2, 0) is 0 Å². The fourth-order valence-corrected chi connectivity index (χ4v) is 0.619. The van der Waals surface area contributed by atoms with Gasteiger partial charge in [0.25, 0.3) is 0 Å². The standard InChI is InChI=1S/C8H17N3OS/c1-5-11(4)7(12)10-8(2,3)6(9)13/h5H2,1-4H3,(H2,9,13)(H,10,12). The summed E-state index contributed by atoms with van der Waals surface area (Å²) in [6.45, 7) is 6.10. The van der Waals surface area contributed by atoms with Gasteiger partial charge in [-0.25, -0.2) is 4.79 Å². The number of nitrogens with zero attached hydrogens (tertiary/aromatic N) is 1. The topological polar surface area (TPSA) is 58.4 Å². The zero-order chi connectivity index (χ0) is 10.6. The highest BCUT2D eigenvalue weighted by Crippen LogP contribution is 2.02. The van der Waals surface area contributed by atoms with Crippen molar-refractivity contribution in [3.8, 4) is 0 Å². The van der Waals surface area contributed by atoms with Gasteiger partial charge in [0.1, 0.15) is 0 Å². The minimum absolute atomic E-state index is 0.166. The van der Waals surface area contributed by atoms with Crippen LogP contribution in [0.3, 0.4) is 0 Å². The number of hydrogen-bond donors (Lipinski definition) is 2. The molecule has 0 aliphatic heterocycles. The van der Waals surface area contributed by atoms with Crippen LogP contribution in [0.15, 0.2) is 0 Å². The van der Waals surface area contributed by atoms with Crippen molar-refractivity contribution < 1.29 is 4.79 Å². The molecule has 0 radical (unpaired) electrons. The number of amides is 2. The Bertz CT molecular complexity index is 215. The second-order valence-electron chi connectivity index (χ2n) is 3.43. The number of carbonyl (C=O) groups is 1. The third-order valence-corrected chi connectivity index (χ3v) is 2.37. The van der Waals surface area contributed by atoms with E-state index >= 15 is 0 Å². The van der Waals surface area contributed by atoms with Gasteiger partial charge >= 0.3 is 6.03 Å². The maximum atomic E-state index is 11.4. The zero-order valence-electron chi connectivity index (χ0n) is 8.55. The third-order valence-electron chi connectivity index (χ3n) is 1.86. The molecular weight excluding hydrogens is 186 g/mol. The first-order valence-corrected chi connectivity index (χ1v) is 4.55. The second-order valence-corrected chi connectivity index (χ2v) is 3.87. The van der Waals surface area contributed by atoms with Gasteiger partial charge in [0.15, 0.2) is 0 Å². The molecule has 0 aromatic heterocycles. The fourth-order valence-electron chi connectivity index (χ4n) is 0.568. The summed E-state index contributed by atoms with van der Waals surface area (Å²) in [6, 6.07) is -0.166. The number of nitrogens with one attached hydrogen (secondary N) is 1. The van der Waals surface area contributed by atoms with Crippen molar-refractivity contribution in [1.29, 1.82) is 0 Å². The molecule has 3 N–H and O–H groups in total. The lowest BCUT2D eigenvalue weighted by atomic mass is 10.1. The fraction of sp³-hybridized carbons (Fsp3) is 0.750. The monoisotopic (exact) mass is 203 g/mol. The van der Waals surface area contributed by atoms with Gasteiger partial charge in [0, 0.05) is 13.6 Å². The van der Waals surface area contributed by atoms with Crippen LogP contribution in [0.2, 0.25) is 0 Å². The van der Waals surface area contributed by atoms with Gasteiger partial charge in [-0.15, -0.1) is 0 Å². The summed E-state index contributed by atoms with van der Waals surface area (Å²) < 4.78 is 0. The van der Waals surface area contributed by atoms with Gasteiger partial charge in [0.05, 0.1) is 10.5 Å². The molecule has 0 atom stereocenters. The highest BCUT2D eigenvalue weighted by Gasteiger charge is 2.24. The van der Waals surface area contributed by atoms with E-state index in [9.17, 15) is 4.79 Å². The molecule has 0 rings (SSSR count). The Kier molecular flexibility index (Phi) is 4.13. The van der Waals surface area contributed by atoms with Crippen molar-refractivity contribution in [2.24, 2.45) is 5.73 Å². The molecule has 0 unspecified atom stereocenters. The van der Waals surface area contributed by atoms with Crippen LogP contribution in [-0.4, -0.2) is 35.1 Å². The van der Waals surface area contributed by atoms with Crippen LogP contribution >= 0.6 is 12.2 Å². The maximum absolute atomic E-state index is 11.4. The van der Waals surface area contributed by atoms with Crippen LogP contribution in [0.5, 0.6) is 0 Å². The minimum atomic E-state index is -0.629. The van der Waals surface area contributed by atoms with Crippen LogP contribution < -0.4 is 11.1 Å². The smallest absolute Gasteiger partial charge is 0.317 e. The lowest BCUT2D eigenvalue weighted by molar-refractivity contribution is 0.205. The van der Waals surface area contributed by atoms with Crippen molar-refractivity contribution in [1.82, 2.24) is 10.2 Å². The number of nitrogens with two attached hydrogens (primary N) is 1. The van der Waals surface area contributed by atoms with E-state index in [2.05, 4.69) is 5.32 Å². The van der Waals surface area contributed by atoms with E-state index in [4.69, 9.17) is 18.0 Å². The minimum Gasteiger partial charge on any atom is -0.391 e. The number of hydrogen-bond acceptors (Lipinski definition) is 2. The Balaban J connectivity index is 4.28. The molecule has 0 saturated carbocycles. The number of thiocarbonyl (C=S) groups is 1. The van der Waals surface area contributed by atoms with Crippen molar-refractivity contribution in [2.75, 3.05) is 13.6 Å². The van der Waals surface area contributed by atoms with Crippen molar-refractivity contribution in [2.45, 2.75) is 26.3 Å². The summed E-state index contributed by atoms with van der Waals surface area (Å²) in [4.78, 5) is 13.2. The van der Waals surface area contributed by atoms with E-state index < -0.39 is 5.54 Å². The van der Waals surface area contributed by atoms with Gasteiger partial charge < -0.3 is 16.0 Å². The summed E-state index contributed by atoms with van der Waals surface area (Å²) in [7, 11) is 1.71. The van der Waals surface area contributed by atoms with E-state index in [-0.39, 0.29) is 11.0 Å². The van der Waals surface area contributed by atoms with Crippen molar-refractivity contribution in [3.05, 3.63) is 0 Å². The average molecular weight is 203 g/mol. The molecule has 5 heteroatoms. The molecule has 0 aromatic carbocycles. The lowest BCUT2D eigenvalue weighted by Crippen LogP contribution is -2.55. The van der Waals surface area contributed by atoms with Gasteiger partial charge in [-0.1, -0.05) is 12.2 Å². The average Bonchev–Trinajstić information content (AvgIpc) is 2.01. The molecule has 0 bridgehead atoms. The quantitative estimate of drug-likeness (QED) is 0.664. The molecule has 0 heterocycles. The zero-order valence-corrected chi connectivity index (χ0v) is 9.36. The molecule has 4 nitrogen and oxygen atoms in total. The molecule has 0 fully saturated rings. The molecule has 0 saturated heterocycles. The molecule has 13 heavy (non-hydrogen) atoms. The summed E-state index contributed by atoms with van der Waals surface area (Å²) >= 11 is 4.82. The van der Waals surface area contributed by atoms with E-state index in [1.54, 1.807) is 25.8 Å². The molecule has 0 spiro atoms. The number of rotatable bonds is 3. The first-order valence-electron chi connectivity index (χ1n) is 4.14. The van der Waals surface area contributed by atoms with Crippen molar-refractivity contribution >= 4 is 23.2 Å². The summed E-state index contributed by atoms with van der Waals surface area (Å²) in [5.41, 5.74) is 4.83. The Morgan fingerprint density at radius 1 is 1.62 bits per heavy atom. The van der Waals surface area contributed by atoms with Crippen LogP contribution in [0, 0.1) is 0 Å². The Morgan fingerprint density at radius 3 is 2.38 bits per heavy atom. The van der Waals surface area contributed by atoms with E-state index in [0.717, 1.165) is 0 Å². The molecule has 2 amide bonds. The van der Waals surface area contributed by atoms with Crippen LogP contribution in [0.1, 0.15) is 20.8 Å². The van der Waals surface area contributed by atoms with E-state index in [1.165, 1.54) is 0 Å². The summed E-state index contributed by atoms with van der Waals surface area (Å²) in [6.07, 6.45) is 0. The molecule has 0 aliphatic rings. The van der Waals surface area contributed by atoms with Crippen LogP contribution in [0.4, 0.5) is 4.79 Å². The Morgan fingerprint density at radius 2 is 2.08 bits per heavy atom. The van der Waals surface area contributed by atoms with Gasteiger partial charge in [-0.3, -0.25) is 0 Å². The van der Waals surface area contributed by atoms with Crippen LogP contribution in [0.25, 0.3) is 0 Å². The normalized spacial score (nSPS) is 10.8. The SMILES string of the molecule is CCN(C)C(=O)NC(C)(C)C(N)=S. The van der Waals surface area contributed by atoms with Gasteiger partial charge in [-0.2, -0.15) is 0 Å². The summed E-state index contributed by atoms with van der Waals surface area (Å²) in [5.74, 6) is 0. The first-order chi connectivity index (χ1) is 5.81. The highest BCUT2D eigenvalue weighted by atomic mass is 32.1. The van der Waals surface area contributed by atoms with Crippen molar-refractivity contribution in [3.63, 3.8) is 0 Å². The first kappa shape index (κ1) is 12.2. The lowest BCUT2D eigenvalue weighted by Gasteiger charge is -2.27. The predicted molar refractivity (Wildman–Crippen MR) is 57.7 cm³/mol. The Hall–Kier alpha value is -0.840. The molecule has 76 valence electrons. The van der Waals surface area contributed by atoms with Gasteiger partial charge in [-0.05, 0) is 20.8 Å². The van der Waals surface area contributed by atoms with E-state index in [1.807, 2.05) is 6.92 Å². The molecular formula is C8H17N3OS. The predicted octanol–water partition coefficient (Wildman–Crippen LogP) is 0.712. The number of urea groups is 1.